The Labute approximate surface area is 124 Å². The summed E-state index contributed by atoms with van der Waals surface area (Å²) >= 11 is 0. The fourth-order valence-corrected chi connectivity index (χ4v) is 2.71. The summed E-state index contributed by atoms with van der Waals surface area (Å²) < 4.78 is 5.41. The minimum atomic E-state index is 0.0229. The van der Waals surface area contributed by atoms with Crippen LogP contribution in [-0.4, -0.2) is 5.11 Å². The van der Waals surface area contributed by atoms with Gasteiger partial charge in [-0.2, -0.15) is 0 Å². The Morgan fingerprint density at radius 1 is 0.952 bits per heavy atom. The number of phenols is 1. The highest BCUT2D eigenvalue weighted by Gasteiger charge is 2.16. The SMILES string of the molecule is CC(N[C@@H](C)c1ccco1)c1ccc2ccccc2c1O. The number of hydrogen-bond acceptors (Lipinski definition) is 3. The number of furan rings is 1. The van der Waals surface area contributed by atoms with Gasteiger partial charge in [0.2, 0.25) is 0 Å². The van der Waals surface area contributed by atoms with Crippen LogP contribution >= 0.6 is 0 Å². The molecule has 0 aliphatic rings. The van der Waals surface area contributed by atoms with Crippen LogP contribution in [0.15, 0.2) is 59.2 Å². The van der Waals surface area contributed by atoms with E-state index in [1.165, 1.54) is 0 Å². The van der Waals surface area contributed by atoms with Crippen molar-refractivity contribution >= 4 is 10.8 Å². The molecule has 1 aromatic heterocycles. The summed E-state index contributed by atoms with van der Waals surface area (Å²) in [4.78, 5) is 0. The molecule has 2 aromatic carbocycles. The molecule has 2 atom stereocenters. The fourth-order valence-electron chi connectivity index (χ4n) is 2.71. The van der Waals surface area contributed by atoms with Crippen molar-refractivity contribution in [2.75, 3.05) is 0 Å². The smallest absolute Gasteiger partial charge is 0.128 e. The summed E-state index contributed by atoms with van der Waals surface area (Å²) in [6.07, 6.45) is 1.67. The van der Waals surface area contributed by atoms with Gasteiger partial charge >= 0.3 is 0 Å². The van der Waals surface area contributed by atoms with Crippen molar-refractivity contribution in [3.05, 3.63) is 66.1 Å². The van der Waals surface area contributed by atoms with Crippen LogP contribution in [0.5, 0.6) is 5.75 Å². The van der Waals surface area contributed by atoms with E-state index in [-0.39, 0.29) is 12.1 Å². The third kappa shape index (κ3) is 2.65. The molecule has 3 heteroatoms. The minimum Gasteiger partial charge on any atom is -0.507 e. The first kappa shape index (κ1) is 13.7. The molecule has 0 radical (unpaired) electrons. The second-order valence-electron chi connectivity index (χ2n) is 5.35. The van der Waals surface area contributed by atoms with Gasteiger partial charge in [0.05, 0.1) is 12.3 Å². The molecule has 108 valence electrons. The molecule has 0 amide bonds. The van der Waals surface area contributed by atoms with Gasteiger partial charge in [-0.1, -0.05) is 36.4 Å². The topological polar surface area (TPSA) is 45.4 Å². The van der Waals surface area contributed by atoms with Crippen molar-refractivity contribution in [1.82, 2.24) is 5.32 Å². The maximum absolute atomic E-state index is 10.5. The number of nitrogens with one attached hydrogen (secondary N) is 1. The van der Waals surface area contributed by atoms with E-state index in [1.54, 1.807) is 6.26 Å². The first-order valence-electron chi connectivity index (χ1n) is 7.17. The van der Waals surface area contributed by atoms with Gasteiger partial charge in [-0.15, -0.1) is 0 Å². The molecule has 0 saturated carbocycles. The predicted molar refractivity (Wildman–Crippen MR) is 84.3 cm³/mol. The predicted octanol–water partition coefficient (Wildman–Crippen LogP) is 4.55. The minimum absolute atomic E-state index is 0.0229. The van der Waals surface area contributed by atoms with E-state index in [2.05, 4.69) is 5.32 Å². The van der Waals surface area contributed by atoms with Crippen LogP contribution in [0.2, 0.25) is 0 Å². The van der Waals surface area contributed by atoms with Crippen molar-refractivity contribution in [2.45, 2.75) is 25.9 Å². The van der Waals surface area contributed by atoms with Crippen molar-refractivity contribution in [3.63, 3.8) is 0 Å². The molecule has 2 N–H and O–H groups in total. The van der Waals surface area contributed by atoms with Crippen LogP contribution in [-0.2, 0) is 0 Å². The van der Waals surface area contributed by atoms with Gasteiger partial charge in [0.1, 0.15) is 11.5 Å². The number of fused-ring (bicyclic) bond motifs is 1. The highest BCUT2D eigenvalue weighted by atomic mass is 16.3. The van der Waals surface area contributed by atoms with Crippen LogP contribution in [0.4, 0.5) is 0 Å². The average Bonchev–Trinajstić information content (AvgIpc) is 3.02. The number of aromatic hydroxyl groups is 1. The number of phenolic OH excluding ortho intramolecular Hbond substituents is 1. The average molecular weight is 281 g/mol. The lowest BCUT2D eigenvalue weighted by Gasteiger charge is -2.20. The third-order valence-electron chi connectivity index (χ3n) is 3.87. The van der Waals surface area contributed by atoms with Gasteiger partial charge in [0.25, 0.3) is 0 Å². The van der Waals surface area contributed by atoms with Crippen LogP contribution in [0.3, 0.4) is 0 Å². The summed E-state index contributed by atoms with van der Waals surface area (Å²) in [6, 6.07) is 15.8. The van der Waals surface area contributed by atoms with E-state index >= 15 is 0 Å². The zero-order valence-corrected chi connectivity index (χ0v) is 12.2. The standard InChI is InChI=1S/C18H19NO2/c1-12(19-13(2)17-8-5-11-21-17)15-10-9-14-6-3-4-7-16(14)18(15)20/h3-13,19-20H,1-2H3/t12?,13-/m0/s1. The van der Waals surface area contributed by atoms with Crippen molar-refractivity contribution in [2.24, 2.45) is 0 Å². The summed E-state index contributed by atoms with van der Waals surface area (Å²) in [5.41, 5.74) is 0.895. The Balaban J connectivity index is 1.87. The zero-order valence-electron chi connectivity index (χ0n) is 12.2. The molecule has 0 aliphatic carbocycles. The van der Waals surface area contributed by atoms with Crippen molar-refractivity contribution < 1.29 is 9.52 Å². The number of hydrogen-bond donors (Lipinski definition) is 2. The van der Waals surface area contributed by atoms with E-state index in [9.17, 15) is 5.11 Å². The Morgan fingerprint density at radius 3 is 2.52 bits per heavy atom. The van der Waals surface area contributed by atoms with Gasteiger partial charge in [-0.05, 0) is 31.4 Å². The van der Waals surface area contributed by atoms with Gasteiger partial charge in [-0.25, -0.2) is 0 Å². The van der Waals surface area contributed by atoms with Crippen LogP contribution in [0, 0.1) is 0 Å². The molecule has 3 nitrogen and oxygen atoms in total. The first-order valence-corrected chi connectivity index (χ1v) is 7.17. The molecule has 0 aliphatic heterocycles. The molecule has 1 unspecified atom stereocenters. The highest BCUT2D eigenvalue weighted by Crippen LogP contribution is 2.33. The van der Waals surface area contributed by atoms with Crippen molar-refractivity contribution in [1.29, 1.82) is 0 Å². The lowest BCUT2D eigenvalue weighted by Crippen LogP contribution is -2.22. The quantitative estimate of drug-likeness (QED) is 0.737. The third-order valence-corrected chi connectivity index (χ3v) is 3.87. The number of rotatable bonds is 4. The second-order valence-corrected chi connectivity index (χ2v) is 5.35. The molecule has 1 heterocycles. The molecule has 21 heavy (non-hydrogen) atoms. The van der Waals surface area contributed by atoms with E-state index < -0.39 is 0 Å². The lowest BCUT2D eigenvalue weighted by atomic mass is 10.0. The summed E-state index contributed by atoms with van der Waals surface area (Å²) in [5, 5.41) is 15.9. The van der Waals surface area contributed by atoms with Crippen molar-refractivity contribution in [3.8, 4) is 5.75 Å². The Bertz CT molecular complexity index is 734. The van der Waals surface area contributed by atoms with Gasteiger partial charge in [-0.3, -0.25) is 0 Å². The largest absolute Gasteiger partial charge is 0.507 e. The van der Waals surface area contributed by atoms with Gasteiger partial charge in [0, 0.05) is 17.0 Å². The highest BCUT2D eigenvalue weighted by molar-refractivity contribution is 5.89. The molecule has 3 aromatic rings. The Morgan fingerprint density at radius 2 is 1.76 bits per heavy atom. The van der Waals surface area contributed by atoms with E-state index in [1.807, 2.05) is 62.4 Å². The Hall–Kier alpha value is -2.26. The monoisotopic (exact) mass is 281 g/mol. The van der Waals surface area contributed by atoms with Crippen LogP contribution < -0.4 is 5.32 Å². The molecular weight excluding hydrogens is 262 g/mol. The zero-order chi connectivity index (χ0) is 14.8. The summed E-state index contributed by atoms with van der Waals surface area (Å²) in [7, 11) is 0. The van der Waals surface area contributed by atoms with Gasteiger partial charge in [0.15, 0.2) is 0 Å². The summed E-state index contributed by atoms with van der Waals surface area (Å²) in [6.45, 7) is 4.09. The first-order chi connectivity index (χ1) is 10.2. The number of benzene rings is 2. The van der Waals surface area contributed by atoms with Crippen LogP contribution in [0.1, 0.15) is 37.3 Å². The normalized spacial score (nSPS) is 14.2. The Kier molecular flexibility index (Phi) is 3.67. The molecule has 0 bridgehead atoms. The van der Waals surface area contributed by atoms with E-state index in [4.69, 9.17) is 4.42 Å². The molecule has 0 fully saturated rings. The second kappa shape index (κ2) is 5.62. The molecular formula is C18H19NO2. The van der Waals surface area contributed by atoms with E-state index in [0.29, 0.717) is 5.75 Å². The summed E-state index contributed by atoms with van der Waals surface area (Å²) in [5.74, 6) is 1.24. The molecule has 0 spiro atoms. The maximum atomic E-state index is 10.5. The fraction of sp³-hybridized carbons (Fsp3) is 0.222. The molecule has 3 rings (SSSR count). The maximum Gasteiger partial charge on any atom is 0.128 e. The lowest BCUT2D eigenvalue weighted by molar-refractivity contribution is 0.394. The van der Waals surface area contributed by atoms with Crippen LogP contribution in [0.25, 0.3) is 10.8 Å². The van der Waals surface area contributed by atoms with E-state index in [0.717, 1.165) is 22.1 Å². The molecule has 0 saturated heterocycles. The van der Waals surface area contributed by atoms with Gasteiger partial charge < -0.3 is 14.8 Å².